The lowest BCUT2D eigenvalue weighted by molar-refractivity contribution is -0.130. The van der Waals surface area contributed by atoms with Crippen molar-refractivity contribution in [3.8, 4) is 0 Å². The van der Waals surface area contributed by atoms with Gasteiger partial charge in [-0.3, -0.25) is 9.78 Å². The van der Waals surface area contributed by atoms with Gasteiger partial charge in [0, 0.05) is 36.8 Å². The Morgan fingerprint density at radius 1 is 1.20 bits per heavy atom. The van der Waals surface area contributed by atoms with Crippen LogP contribution in [0.1, 0.15) is 48.8 Å². The van der Waals surface area contributed by atoms with Gasteiger partial charge in [-0.15, -0.1) is 10.2 Å². The second-order valence-electron chi connectivity index (χ2n) is 7.21. The van der Waals surface area contributed by atoms with Crippen LogP contribution in [0.15, 0.2) is 28.8 Å². The Balaban J connectivity index is 1.19. The normalized spacial score (nSPS) is 28.3. The van der Waals surface area contributed by atoms with Gasteiger partial charge in [0.25, 0.3) is 0 Å². The van der Waals surface area contributed by atoms with E-state index >= 15 is 0 Å². The molecule has 0 unspecified atom stereocenters. The van der Waals surface area contributed by atoms with Crippen molar-refractivity contribution in [1.29, 1.82) is 0 Å². The van der Waals surface area contributed by atoms with Crippen molar-refractivity contribution in [3.05, 3.63) is 41.9 Å². The first kappa shape index (κ1) is 15.0. The highest BCUT2D eigenvalue weighted by Crippen LogP contribution is 2.43. The fourth-order valence-corrected chi connectivity index (χ4v) is 3.77. The van der Waals surface area contributed by atoms with Crippen molar-refractivity contribution in [2.24, 2.45) is 5.92 Å². The monoisotopic (exact) mass is 340 g/mol. The molecule has 1 saturated carbocycles. The molecule has 3 aliphatic rings. The molecule has 2 saturated heterocycles. The molecule has 1 amide bonds. The number of likely N-dealkylation sites (tertiary alicyclic amines) is 1. The molecule has 0 radical (unpaired) electrons. The fraction of sp³-hybridized carbons (Fsp3) is 0.556. The third kappa shape index (κ3) is 2.93. The van der Waals surface area contributed by atoms with E-state index in [0.29, 0.717) is 30.7 Å². The number of ether oxygens (including phenoxy) is 1. The SMILES string of the molecule is O=C(Cc1ccccn1)N1C[C@@H]2C[C@@H](c3nnc(C4CC4)o3)O[C@@H]2C1. The Kier molecular flexibility index (Phi) is 3.55. The van der Waals surface area contributed by atoms with E-state index in [9.17, 15) is 4.79 Å². The van der Waals surface area contributed by atoms with Gasteiger partial charge >= 0.3 is 0 Å². The van der Waals surface area contributed by atoms with Crippen LogP contribution in [0.2, 0.25) is 0 Å². The molecule has 0 bridgehead atoms. The highest BCUT2D eigenvalue weighted by molar-refractivity contribution is 5.78. The van der Waals surface area contributed by atoms with E-state index in [2.05, 4.69) is 15.2 Å². The Hall–Kier alpha value is -2.28. The zero-order valence-electron chi connectivity index (χ0n) is 13.9. The molecule has 0 aromatic carbocycles. The van der Waals surface area contributed by atoms with Crippen LogP contribution >= 0.6 is 0 Å². The van der Waals surface area contributed by atoms with Crippen molar-refractivity contribution in [2.45, 2.75) is 43.8 Å². The number of hydrogen-bond acceptors (Lipinski definition) is 6. The average molecular weight is 340 g/mol. The van der Waals surface area contributed by atoms with Crippen molar-refractivity contribution in [2.75, 3.05) is 13.1 Å². The van der Waals surface area contributed by atoms with E-state index in [1.54, 1.807) is 6.20 Å². The molecule has 2 aliphatic heterocycles. The van der Waals surface area contributed by atoms with Crippen molar-refractivity contribution < 1.29 is 13.9 Å². The highest BCUT2D eigenvalue weighted by atomic mass is 16.5. The van der Waals surface area contributed by atoms with E-state index in [4.69, 9.17) is 9.15 Å². The van der Waals surface area contributed by atoms with Crippen LogP contribution in [-0.2, 0) is 16.0 Å². The smallest absolute Gasteiger partial charge is 0.245 e. The van der Waals surface area contributed by atoms with Gasteiger partial charge in [-0.25, -0.2) is 0 Å². The first-order valence-corrected chi connectivity index (χ1v) is 8.92. The zero-order chi connectivity index (χ0) is 16.8. The molecule has 0 N–H and O–H groups in total. The van der Waals surface area contributed by atoms with Crippen LogP contribution < -0.4 is 0 Å². The number of pyridine rings is 1. The summed E-state index contributed by atoms with van der Waals surface area (Å²) in [6, 6.07) is 5.64. The van der Waals surface area contributed by atoms with Gasteiger partial charge in [0.1, 0.15) is 6.10 Å². The largest absolute Gasteiger partial charge is 0.422 e. The standard InChI is InChI=1S/C18H20N4O3/c23-16(8-13-3-1-2-6-19-13)22-9-12-7-14(24-15(12)10-22)18-21-20-17(25-18)11-4-5-11/h1-3,6,11-12,14-15H,4-5,7-10H2/t12-,14-,15+/m0/s1. The van der Waals surface area contributed by atoms with Crippen LogP contribution in [0.5, 0.6) is 0 Å². The molecule has 25 heavy (non-hydrogen) atoms. The molecule has 130 valence electrons. The number of hydrogen-bond donors (Lipinski definition) is 0. The Morgan fingerprint density at radius 3 is 2.84 bits per heavy atom. The van der Waals surface area contributed by atoms with Gasteiger partial charge in [-0.05, 0) is 31.4 Å². The summed E-state index contributed by atoms with van der Waals surface area (Å²) in [5.41, 5.74) is 0.807. The predicted octanol–water partition coefficient (Wildman–Crippen LogP) is 1.87. The molecule has 7 nitrogen and oxygen atoms in total. The van der Waals surface area contributed by atoms with Gasteiger partial charge in [0.2, 0.25) is 17.7 Å². The average Bonchev–Trinajstić information content (AvgIpc) is 3.04. The minimum Gasteiger partial charge on any atom is -0.422 e. The van der Waals surface area contributed by atoms with Gasteiger partial charge < -0.3 is 14.1 Å². The zero-order valence-corrected chi connectivity index (χ0v) is 13.9. The summed E-state index contributed by atoms with van der Waals surface area (Å²) in [7, 11) is 0. The fourth-order valence-electron chi connectivity index (χ4n) is 3.77. The molecular formula is C18H20N4O3. The summed E-state index contributed by atoms with van der Waals surface area (Å²) in [6.07, 6.45) is 5.13. The van der Waals surface area contributed by atoms with Gasteiger partial charge in [-0.1, -0.05) is 6.07 Å². The Labute approximate surface area is 145 Å². The van der Waals surface area contributed by atoms with Crippen molar-refractivity contribution in [1.82, 2.24) is 20.1 Å². The Bertz CT molecular complexity index is 760. The summed E-state index contributed by atoms with van der Waals surface area (Å²) in [5.74, 6) is 2.27. The van der Waals surface area contributed by atoms with E-state index < -0.39 is 0 Å². The van der Waals surface area contributed by atoms with Gasteiger partial charge in [-0.2, -0.15) is 0 Å². The summed E-state index contributed by atoms with van der Waals surface area (Å²) >= 11 is 0. The van der Waals surface area contributed by atoms with Crippen LogP contribution in [0.3, 0.4) is 0 Å². The maximum atomic E-state index is 12.5. The minimum atomic E-state index is -0.122. The molecule has 2 aromatic rings. The second-order valence-corrected chi connectivity index (χ2v) is 7.21. The maximum absolute atomic E-state index is 12.5. The van der Waals surface area contributed by atoms with E-state index in [1.165, 1.54) is 0 Å². The lowest BCUT2D eigenvalue weighted by Crippen LogP contribution is -2.32. The molecule has 0 spiro atoms. The third-order valence-corrected chi connectivity index (χ3v) is 5.31. The molecule has 1 aliphatic carbocycles. The van der Waals surface area contributed by atoms with E-state index in [0.717, 1.165) is 37.4 Å². The summed E-state index contributed by atoms with van der Waals surface area (Å²) < 4.78 is 11.9. The maximum Gasteiger partial charge on any atom is 0.245 e. The van der Waals surface area contributed by atoms with Crippen molar-refractivity contribution in [3.63, 3.8) is 0 Å². The van der Waals surface area contributed by atoms with E-state index in [-0.39, 0.29) is 18.1 Å². The topological polar surface area (TPSA) is 81.4 Å². The van der Waals surface area contributed by atoms with Gasteiger partial charge in [0.15, 0.2) is 0 Å². The molecule has 4 heterocycles. The second kappa shape index (κ2) is 5.91. The summed E-state index contributed by atoms with van der Waals surface area (Å²) in [4.78, 5) is 18.6. The van der Waals surface area contributed by atoms with Crippen LogP contribution in [-0.4, -0.2) is 45.2 Å². The van der Waals surface area contributed by atoms with Gasteiger partial charge in [0.05, 0.1) is 12.5 Å². The first-order valence-electron chi connectivity index (χ1n) is 8.92. The van der Waals surface area contributed by atoms with Crippen molar-refractivity contribution >= 4 is 5.91 Å². The highest BCUT2D eigenvalue weighted by Gasteiger charge is 2.45. The number of amides is 1. The minimum absolute atomic E-state index is 0.0638. The van der Waals surface area contributed by atoms with Crippen LogP contribution in [0, 0.1) is 5.92 Å². The quantitative estimate of drug-likeness (QED) is 0.845. The molecule has 3 atom stereocenters. The number of carbonyl (C=O) groups excluding carboxylic acids is 1. The van der Waals surface area contributed by atoms with E-state index in [1.807, 2.05) is 23.1 Å². The summed E-state index contributed by atoms with van der Waals surface area (Å²) in [6.45, 7) is 1.37. The van der Waals surface area contributed by atoms with Crippen LogP contribution in [0.25, 0.3) is 0 Å². The lowest BCUT2D eigenvalue weighted by atomic mass is 10.0. The molecule has 7 heteroatoms. The third-order valence-electron chi connectivity index (χ3n) is 5.31. The molecular weight excluding hydrogens is 320 g/mol. The number of nitrogens with zero attached hydrogens (tertiary/aromatic N) is 4. The predicted molar refractivity (Wildman–Crippen MR) is 86.5 cm³/mol. The first-order chi connectivity index (χ1) is 12.3. The lowest BCUT2D eigenvalue weighted by Gasteiger charge is -2.18. The Morgan fingerprint density at radius 2 is 2.08 bits per heavy atom. The molecule has 2 aromatic heterocycles. The number of carbonyl (C=O) groups is 1. The van der Waals surface area contributed by atoms with Crippen LogP contribution in [0.4, 0.5) is 0 Å². The molecule has 5 rings (SSSR count). The summed E-state index contributed by atoms with van der Waals surface area (Å²) in [5, 5.41) is 8.30. The number of fused-ring (bicyclic) bond motifs is 1. The number of rotatable bonds is 4. The molecule has 3 fully saturated rings. The number of aromatic nitrogens is 3.